The van der Waals surface area contributed by atoms with Crippen molar-refractivity contribution in [2.24, 2.45) is 5.92 Å². The molecule has 0 aromatic heterocycles. The van der Waals surface area contributed by atoms with E-state index < -0.39 is 0 Å². The molecule has 1 fully saturated rings. The molecule has 1 aromatic rings. The largest absolute Gasteiger partial charge is 0.310 e. The van der Waals surface area contributed by atoms with Gasteiger partial charge in [-0.3, -0.25) is 0 Å². The zero-order chi connectivity index (χ0) is 12.3. The van der Waals surface area contributed by atoms with Crippen molar-refractivity contribution in [2.75, 3.05) is 20.1 Å². The van der Waals surface area contributed by atoms with Crippen molar-refractivity contribution in [1.82, 2.24) is 10.2 Å². The van der Waals surface area contributed by atoms with Gasteiger partial charge in [0, 0.05) is 19.1 Å². The van der Waals surface area contributed by atoms with Crippen LogP contribution in [0.25, 0.3) is 0 Å². The summed E-state index contributed by atoms with van der Waals surface area (Å²) in [5, 5.41) is 3.54. The molecule has 0 radical (unpaired) electrons. The molecule has 1 N–H and O–H groups in total. The molecule has 3 heteroatoms. The molecule has 2 atom stereocenters. The molecular formula is C14H21FN2. The summed E-state index contributed by atoms with van der Waals surface area (Å²) in [4.78, 5) is 2.37. The molecular weight excluding hydrogens is 215 g/mol. The molecule has 2 unspecified atom stereocenters. The van der Waals surface area contributed by atoms with E-state index in [4.69, 9.17) is 0 Å². The van der Waals surface area contributed by atoms with E-state index in [0.717, 1.165) is 25.2 Å². The predicted molar refractivity (Wildman–Crippen MR) is 68.3 cm³/mol. The van der Waals surface area contributed by atoms with Gasteiger partial charge in [-0.25, -0.2) is 4.39 Å². The topological polar surface area (TPSA) is 15.3 Å². The van der Waals surface area contributed by atoms with Gasteiger partial charge in [0.2, 0.25) is 0 Å². The van der Waals surface area contributed by atoms with Gasteiger partial charge in [-0.15, -0.1) is 0 Å². The molecule has 0 bridgehead atoms. The number of benzene rings is 1. The molecule has 0 saturated carbocycles. The second-order valence-corrected chi connectivity index (χ2v) is 5.15. The van der Waals surface area contributed by atoms with Crippen LogP contribution in [0.1, 0.15) is 18.9 Å². The minimum Gasteiger partial charge on any atom is -0.310 e. The molecule has 2 rings (SSSR count). The molecule has 0 amide bonds. The Morgan fingerprint density at radius 3 is 3.00 bits per heavy atom. The molecule has 1 heterocycles. The molecule has 0 aliphatic carbocycles. The summed E-state index contributed by atoms with van der Waals surface area (Å²) in [5.74, 6) is 0.503. The lowest BCUT2D eigenvalue weighted by molar-refractivity contribution is 0.174. The van der Waals surface area contributed by atoms with Gasteiger partial charge in [-0.1, -0.05) is 19.1 Å². The van der Waals surface area contributed by atoms with Gasteiger partial charge in [-0.2, -0.15) is 0 Å². The molecule has 94 valence electrons. The number of piperidine rings is 1. The quantitative estimate of drug-likeness (QED) is 0.866. The molecule has 17 heavy (non-hydrogen) atoms. The number of likely N-dealkylation sites (tertiary alicyclic amines) is 1. The molecule has 1 aliphatic rings. The molecule has 2 nitrogen and oxygen atoms in total. The van der Waals surface area contributed by atoms with Crippen molar-refractivity contribution >= 4 is 0 Å². The van der Waals surface area contributed by atoms with Gasteiger partial charge in [0.15, 0.2) is 0 Å². The van der Waals surface area contributed by atoms with Crippen LogP contribution in [0, 0.1) is 11.7 Å². The maximum atomic E-state index is 13.0. The van der Waals surface area contributed by atoms with E-state index >= 15 is 0 Å². The molecule has 1 aliphatic heterocycles. The summed E-state index contributed by atoms with van der Waals surface area (Å²) in [7, 11) is 2.17. The monoisotopic (exact) mass is 236 g/mol. The van der Waals surface area contributed by atoms with Crippen LogP contribution in [-0.4, -0.2) is 31.1 Å². The van der Waals surface area contributed by atoms with Crippen molar-refractivity contribution in [2.45, 2.75) is 25.9 Å². The normalized spacial score (nSPS) is 26.1. The first-order valence-corrected chi connectivity index (χ1v) is 6.31. The van der Waals surface area contributed by atoms with Gasteiger partial charge >= 0.3 is 0 Å². The van der Waals surface area contributed by atoms with Gasteiger partial charge < -0.3 is 10.2 Å². The highest BCUT2D eigenvalue weighted by Crippen LogP contribution is 2.16. The Hall–Kier alpha value is -0.930. The van der Waals surface area contributed by atoms with E-state index in [-0.39, 0.29) is 5.82 Å². The SMILES string of the molecule is CC1CN(C)CCC1NCc1cccc(F)c1. The number of hydrogen-bond donors (Lipinski definition) is 1. The summed E-state index contributed by atoms with van der Waals surface area (Å²) in [5.41, 5.74) is 1.02. The van der Waals surface area contributed by atoms with Gasteiger partial charge in [0.05, 0.1) is 0 Å². The van der Waals surface area contributed by atoms with Gasteiger partial charge in [-0.05, 0) is 43.6 Å². The van der Waals surface area contributed by atoms with E-state index in [0.29, 0.717) is 12.0 Å². The lowest BCUT2D eigenvalue weighted by atomic mass is 9.94. The Bertz CT molecular complexity index is 367. The van der Waals surface area contributed by atoms with E-state index in [1.165, 1.54) is 12.5 Å². The van der Waals surface area contributed by atoms with Gasteiger partial charge in [0.25, 0.3) is 0 Å². The average Bonchev–Trinajstić information content (AvgIpc) is 2.28. The van der Waals surface area contributed by atoms with E-state index in [2.05, 4.69) is 24.2 Å². The minimum absolute atomic E-state index is 0.152. The number of halogens is 1. The van der Waals surface area contributed by atoms with E-state index in [1.54, 1.807) is 12.1 Å². The van der Waals surface area contributed by atoms with Crippen molar-refractivity contribution < 1.29 is 4.39 Å². The van der Waals surface area contributed by atoms with E-state index in [1.807, 2.05) is 6.07 Å². The standard InChI is InChI=1S/C14H21FN2/c1-11-10-17(2)7-6-14(11)16-9-12-4-3-5-13(15)8-12/h3-5,8,11,14,16H,6-7,9-10H2,1-2H3. The lowest BCUT2D eigenvalue weighted by Gasteiger charge is -2.35. The number of hydrogen-bond acceptors (Lipinski definition) is 2. The lowest BCUT2D eigenvalue weighted by Crippen LogP contribution is -2.46. The van der Waals surface area contributed by atoms with Crippen LogP contribution in [0.3, 0.4) is 0 Å². The zero-order valence-corrected chi connectivity index (χ0v) is 10.6. The summed E-state index contributed by atoms with van der Waals surface area (Å²) in [6.45, 7) is 5.32. The minimum atomic E-state index is -0.152. The molecule has 0 spiro atoms. The third-order valence-electron chi connectivity index (χ3n) is 3.57. The van der Waals surface area contributed by atoms with E-state index in [9.17, 15) is 4.39 Å². The maximum absolute atomic E-state index is 13.0. The second-order valence-electron chi connectivity index (χ2n) is 5.15. The third-order valence-corrected chi connectivity index (χ3v) is 3.57. The highest BCUT2D eigenvalue weighted by molar-refractivity contribution is 5.16. The first-order valence-electron chi connectivity index (χ1n) is 6.31. The van der Waals surface area contributed by atoms with Crippen molar-refractivity contribution in [3.8, 4) is 0 Å². The van der Waals surface area contributed by atoms with Crippen LogP contribution in [0.2, 0.25) is 0 Å². The Morgan fingerprint density at radius 2 is 2.29 bits per heavy atom. The summed E-state index contributed by atoms with van der Waals surface area (Å²) in [6.07, 6.45) is 1.17. The number of nitrogens with one attached hydrogen (secondary N) is 1. The Labute approximate surface area is 103 Å². The predicted octanol–water partition coefficient (Wildman–Crippen LogP) is 2.26. The van der Waals surface area contributed by atoms with Crippen LogP contribution >= 0.6 is 0 Å². The first kappa shape index (κ1) is 12.5. The molecule has 1 saturated heterocycles. The fourth-order valence-corrected chi connectivity index (χ4v) is 2.55. The Balaban J connectivity index is 1.86. The number of rotatable bonds is 3. The van der Waals surface area contributed by atoms with Crippen molar-refractivity contribution in [1.29, 1.82) is 0 Å². The fraction of sp³-hybridized carbons (Fsp3) is 0.571. The van der Waals surface area contributed by atoms with Crippen molar-refractivity contribution in [3.63, 3.8) is 0 Å². The second kappa shape index (κ2) is 5.61. The van der Waals surface area contributed by atoms with Crippen LogP contribution in [0.5, 0.6) is 0 Å². The Morgan fingerprint density at radius 1 is 1.47 bits per heavy atom. The highest BCUT2D eigenvalue weighted by Gasteiger charge is 2.23. The first-order chi connectivity index (χ1) is 8.15. The maximum Gasteiger partial charge on any atom is 0.123 e. The fourth-order valence-electron chi connectivity index (χ4n) is 2.55. The van der Waals surface area contributed by atoms with Gasteiger partial charge in [0.1, 0.15) is 5.82 Å². The average molecular weight is 236 g/mol. The van der Waals surface area contributed by atoms with Crippen molar-refractivity contribution in [3.05, 3.63) is 35.6 Å². The summed E-state index contributed by atoms with van der Waals surface area (Å²) in [6, 6.07) is 7.38. The summed E-state index contributed by atoms with van der Waals surface area (Å²) < 4.78 is 13.0. The zero-order valence-electron chi connectivity index (χ0n) is 10.6. The number of nitrogens with zero attached hydrogens (tertiary/aromatic N) is 1. The third kappa shape index (κ3) is 3.51. The van der Waals surface area contributed by atoms with Crippen LogP contribution in [0.4, 0.5) is 4.39 Å². The highest BCUT2D eigenvalue weighted by atomic mass is 19.1. The van der Waals surface area contributed by atoms with Crippen LogP contribution < -0.4 is 5.32 Å². The van der Waals surface area contributed by atoms with Crippen LogP contribution in [0.15, 0.2) is 24.3 Å². The molecule has 1 aromatic carbocycles. The summed E-state index contributed by atoms with van der Waals surface area (Å²) >= 11 is 0. The smallest absolute Gasteiger partial charge is 0.123 e. The Kier molecular flexibility index (Phi) is 4.13. The van der Waals surface area contributed by atoms with Crippen LogP contribution in [-0.2, 0) is 6.54 Å².